The average Bonchev–Trinajstić information content (AvgIpc) is 3.15. The fraction of sp³-hybridized carbons (Fsp3) is 0.421. The van der Waals surface area contributed by atoms with Gasteiger partial charge in [0.05, 0.1) is 19.3 Å². The third-order valence-electron chi connectivity index (χ3n) is 4.62. The predicted octanol–water partition coefficient (Wildman–Crippen LogP) is 3.38. The van der Waals surface area contributed by atoms with Crippen LogP contribution in [0.25, 0.3) is 5.69 Å². The third kappa shape index (κ3) is 3.04. The summed E-state index contributed by atoms with van der Waals surface area (Å²) >= 11 is 0. The highest BCUT2D eigenvalue weighted by molar-refractivity contribution is 5.99. The molecule has 0 amide bonds. The number of aryl methyl sites for hydroxylation is 1. The van der Waals surface area contributed by atoms with E-state index < -0.39 is 0 Å². The van der Waals surface area contributed by atoms with Crippen molar-refractivity contribution in [3.05, 3.63) is 47.3 Å². The van der Waals surface area contributed by atoms with Gasteiger partial charge in [0.15, 0.2) is 5.78 Å². The summed E-state index contributed by atoms with van der Waals surface area (Å²) in [6.45, 7) is 6.65. The molecule has 2 heterocycles. The second kappa shape index (κ2) is 6.59. The summed E-state index contributed by atoms with van der Waals surface area (Å²) < 4.78 is 7.58. The van der Waals surface area contributed by atoms with E-state index >= 15 is 0 Å². The Morgan fingerprint density at radius 1 is 1.17 bits per heavy atom. The maximum absolute atomic E-state index is 12.7. The molecule has 0 bridgehead atoms. The molecule has 23 heavy (non-hydrogen) atoms. The quantitative estimate of drug-likeness (QED) is 0.794. The molecule has 0 radical (unpaired) electrons. The fourth-order valence-electron chi connectivity index (χ4n) is 3.46. The number of carbonyl (C=O) groups is 1. The number of rotatable bonds is 5. The highest BCUT2D eigenvalue weighted by Crippen LogP contribution is 2.28. The number of benzene rings is 1. The summed E-state index contributed by atoms with van der Waals surface area (Å²) in [5.41, 5.74) is 3.83. The molecular formula is C19H24N2O2. The van der Waals surface area contributed by atoms with Gasteiger partial charge in [-0.25, -0.2) is 0 Å². The number of carbonyl (C=O) groups excluding carboxylic acids is 1. The summed E-state index contributed by atoms with van der Waals surface area (Å²) in [4.78, 5) is 14.9. The zero-order valence-electron chi connectivity index (χ0n) is 14.1. The van der Waals surface area contributed by atoms with Gasteiger partial charge < -0.3 is 9.30 Å². The van der Waals surface area contributed by atoms with Crippen LogP contribution >= 0.6 is 0 Å². The van der Waals surface area contributed by atoms with E-state index in [1.807, 2.05) is 44.2 Å². The van der Waals surface area contributed by atoms with Gasteiger partial charge in [-0.2, -0.15) is 0 Å². The number of aromatic nitrogens is 1. The minimum atomic E-state index is 0.209. The summed E-state index contributed by atoms with van der Waals surface area (Å²) in [6, 6.07) is 9.91. The van der Waals surface area contributed by atoms with Crippen LogP contribution in [0, 0.1) is 13.8 Å². The number of hydrogen-bond donors (Lipinski definition) is 0. The molecule has 0 saturated carbocycles. The number of ketones is 1. The number of likely N-dealkylation sites (tertiary alicyclic amines) is 1. The molecule has 0 aliphatic carbocycles. The van der Waals surface area contributed by atoms with E-state index in [1.54, 1.807) is 7.11 Å². The first kappa shape index (κ1) is 15.8. The van der Waals surface area contributed by atoms with Crippen LogP contribution in [-0.4, -0.2) is 42.0 Å². The van der Waals surface area contributed by atoms with Crippen molar-refractivity contribution in [2.45, 2.75) is 26.7 Å². The lowest BCUT2D eigenvalue weighted by molar-refractivity contribution is 0.0944. The Hall–Kier alpha value is -2.07. The Kier molecular flexibility index (Phi) is 4.53. The highest BCUT2D eigenvalue weighted by atomic mass is 16.5. The average molecular weight is 312 g/mol. The Morgan fingerprint density at radius 2 is 1.87 bits per heavy atom. The maximum Gasteiger partial charge on any atom is 0.178 e. The minimum absolute atomic E-state index is 0.209. The molecule has 0 atom stereocenters. The van der Waals surface area contributed by atoms with E-state index in [0.29, 0.717) is 6.54 Å². The first-order chi connectivity index (χ1) is 11.1. The van der Waals surface area contributed by atoms with E-state index in [9.17, 15) is 4.79 Å². The summed E-state index contributed by atoms with van der Waals surface area (Å²) in [5.74, 6) is 1.02. The van der Waals surface area contributed by atoms with Crippen molar-refractivity contribution < 1.29 is 9.53 Å². The minimum Gasteiger partial charge on any atom is -0.495 e. The molecule has 1 aromatic carbocycles. The van der Waals surface area contributed by atoms with Crippen LogP contribution in [0.4, 0.5) is 0 Å². The first-order valence-corrected chi connectivity index (χ1v) is 8.19. The second-order valence-corrected chi connectivity index (χ2v) is 6.20. The van der Waals surface area contributed by atoms with Gasteiger partial charge in [-0.3, -0.25) is 9.69 Å². The zero-order chi connectivity index (χ0) is 16.4. The van der Waals surface area contributed by atoms with Crippen molar-refractivity contribution in [1.29, 1.82) is 0 Å². The number of para-hydroxylation sites is 2. The molecule has 0 spiro atoms. The molecule has 3 rings (SSSR count). The summed E-state index contributed by atoms with van der Waals surface area (Å²) in [7, 11) is 1.67. The molecule has 0 N–H and O–H groups in total. The zero-order valence-corrected chi connectivity index (χ0v) is 14.1. The van der Waals surface area contributed by atoms with Gasteiger partial charge in [0.1, 0.15) is 5.75 Å². The number of ether oxygens (including phenoxy) is 1. The van der Waals surface area contributed by atoms with Gasteiger partial charge in [-0.1, -0.05) is 12.1 Å². The van der Waals surface area contributed by atoms with Crippen LogP contribution in [0.1, 0.15) is 34.6 Å². The number of nitrogens with zero attached hydrogens (tertiary/aromatic N) is 2. The van der Waals surface area contributed by atoms with E-state index in [2.05, 4.69) is 9.47 Å². The molecular weight excluding hydrogens is 288 g/mol. The molecule has 1 aliphatic rings. The lowest BCUT2D eigenvalue weighted by atomic mass is 10.1. The molecule has 2 aromatic rings. The molecule has 1 saturated heterocycles. The lowest BCUT2D eigenvalue weighted by Gasteiger charge is -2.15. The van der Waals surface area contributed by atoms with Gasteiger partial charge >= 0.3 is 0 Å². The Morgan fingerprint density at radius 3 is 2.57 bits per heavy atom. The largest absolute Gasteiger partial charge is 0.495 e. The normalized spacial score (nSPS) is 15.1. The van der Waals surface area contributed by atoms with Gasteiger partial charge in [-0.05, 0) is 58.0 Å². The number of hydrogen-bond acceptors (Lipinski definition) is 3. The Balaban J connectivity index is 1.94. The molecule has 1 fully saturated rings. The second-order valence-electron chi connectivity index (χ2n) is 6.20. The molecule has 122 valence electrons. The van der Waals surface area contributed by atoms with Crippen LogP contribution in [0.15, 0.2) is 30.3 Å². The van der Waals surface area contributed by atoms with Crippen LogP contribution in [-0.2, 0) is 0 Å². The Labute approximate surface area is 137 Å². The van der Waals surface area contributed by atoms with Gasteiger partial charge in [0.2, 0.25) is 0 Å². The van der Waals surface area contributed by atoms with Crippen molar-refractivity contribution in [2.24, 2.45) is 0 Å². The first-order valence-electron chi connectivity index (χ1n) is 8.19. The third-order valence-corrected chi connectivity index (χ3v) is 4.62. The van der Waals surface area contributed by atoms with Crippen LogP contribution < -0.4 is 4.74 Å². The lowest BCUT2D eigenvalue weighted by Crippen LogP contribution is -2.27. The smallest absolute Gasteiger partial charge is 0.178 e. The fourth-order valence-corrected chi connectivity index (χ4v) is 3.46. The van der Waals surface area contributed by atoms with Crippen molar-refractivity contribution in [3.63, 3.8) is 0 Å². The van der Waals surface area contributed by atoms with Crippen LogP contribution in [0.2, 0.25) is 0 Å². The molecule has 4 heteroatoms. The van der Waals surface area contributed by atoms with Crippen molar-refractivity contribution in [1.82, 2.24) is 9.47 Å². The molecule has 0 unspecified atom stereocenters. The number of Topliss-reactive ketones (excluding diaryl/α,β-unsaturated/α-hetero) is 1. The van der Waals surface area contributed by atoms with E-state index in [0.717, 1.165) is 41.5 Å². The van der Waals surface area contributed by atoms with E-state index in [-0.39, 0.29) is 5.78 Å². The summed E-state index contributed by atoms with van der Waals surface area (Å²) in [5, 5.41) is 0. The standard InChI is InChI=1S/C19H24N2O2/c1-14-12-16(18(22)13-20-10-6-7-11-20)15(2)21(14)17-8-4-5-9-19(17)23-3/h4-5,8-9,12H,6-7,10-11,13H2,1-3H3. The predicted molar refractivity (Wildman–Crippen MR) is 91.8 cm³/mol. The Bertz CT molecular complexity index is 712. The van der Waals surface area contributed by atoms with Crippen molar-refractivity contribution >= 4 is 5.78 Å². The van der Waals surface area contributed by atoms with Crippen LogP contribution in [0.5, 0.6) is 5.75 Å². The van der Waals surface area contributed by atoms with Crippen LogP contribution in [0.3, 0.4) is 0 Å². The monoisotopic (exact) mass is 312 g/mol. The van der Waals surface area contributed by atoms with Crippen molar-refractivity contribution in [2.75, 3.05) is 26.7 Å². The highest BCUT2D eigenvalue weighted by Gasteiger charge is 2.21. The van der Waals surface area contributed by atoms with Gasteiger partial charge in [0.25, 0.3) is 0 Å². The maximum atomic E-state index is 12.7. The van der Waals surface area contributed by atoms with E-state index in [1.165, 1.54) is 12.8 Å². The van der Waals surface area contributed by atoms with E-state index in [4.69, 9.17) is 4.74 Å². The van der Waals surface area contributed by atoms with Gasteiger partial charge in [0, 0.05) is 17.0 Å². The summed E-state index contributed by atoms with van der Waals surface area (Å²) in [6.07, 6.45) is 2.40. The molecule has 1 aromatic heterocycles. The number of methoxy groups -OCH3 is 1. The topological polar surface area (TPSA) is 34.5 Å². The van der Waals surface area contributed by atoms with Crippen molar-refractivity contribution in [3.8, 4) is 11.4 Å². The SMILES string of the molecule is COc1ccccc1-n1c(C)cc(C(=O)CN2CCCC2)c1C. The molecule has 4 nitrogen and oxygen atoms in total. The molecule has 1 aliphatic heterocycles. The van der Waals surface area contributed by atoms with Gasteiger partial charge in [-0.15, -0.1) is 0 Å².